The molecule has 1 heterocycles. The van der Waals surface area contributed by atoms with Gasteiger partial charge in [-0.25, -0.2) is 9.18 Å². The van der Waals surface area contributed by atoms with Crippen molar-refractivity contribution in [3.63, 3.8) is 0 Å². The Balaban J connectivity index is 1.79. The minimum atomic E-state index is -0.626. The highest BCUT2D eigenvalue weighted by Crippen LogP contribution is 2.37. The van der Waals surface area contributed by atoms with Crippen molar-refractivity contribution in [1.29, 1.82) is 0 Å². The van der Waals surface area contributed by atoms with E-state index in [-0.39, 0.29) is 13.3 Å². The highest BCUT2D eigenvalue weighted by atomic mass is 19.1. The Morgan fingerprint density at radius 3 is 2.56 bits per heavy atom. The fourth-order valence-electron chi connectivity index (χ4n) is 2.84. The molecule has 0 aliphatic carbocycles. The molecule has 1 aromatic heterocycles. The first-order valence-corrected chi connectivity index (χ1v) is 9.90. The summed E-state index contributed by atoms with van der Waals surface area (Å²) in [4.78, 5) is 16.0. The number of nitrogens with one attached hydrogen (secondary N) is 2. The minimum Gasteiger partial charge on any atom is -0.487 e. The van der Waals surface area contributed by atoms with E-state index in [0.717, 1.165) is 0 Å². The number of amides is 2. The fourth-order valence-corrected chi connectivity index (χ4v) is 2.84. The van der Waals surface area contributed by atoms with E-state index in [2.05, 4.69) is 15.6 Å². The Kier molecular flexibility index (Phi) is 8.41. The van der Waals surface area contributed by atoms with Gasteiger partial charge in [0.1, 0.15) is 31.5 Å². The van der Waals surface area contributed by atoms with E-state index in [4.69, 9.17) is 24.7 Å². The van der Waals surface area contributed by atoms with Gasteiger partial charge in [0.05, 0.1) is 12.1 Å². The predicted molar refractivity (Wildman–Crippen MR) is 118 cm³/mol. The summed E-state index contributed by atoms with van der Waals surface area (Å²) >= 11 is 0. The Morgan fingerprint density at radius 1 is 1.06 bits per heavy atom. The number of carbonyl (C=O) groups is 1. The molecule has 0 bridgehead atoms. The first-order valence-electron chi connectivity index (χ1n) is 9.90. The third kappa shape index (κ3) is 6.19. The second-order valence-corrected chi connectivity index (χ2v) is 6.47. The van der Waals surface area contributed by atoms with Gasteiger partial charge in [0.2, 0.25) is 0 Å². The number of ether oxygens (including phenoxy) is 4. The third-order valence-electron chi connectivity index (χ3n) is 4.27. The van der Waals surface area contributed by atoms with Crippen molar-refractivity contribution in [2.45, 2.75) is 0 Å². The summed E-state index contributed by atoms with van der Waals surface area (Å²) in [6.07, 6.45) is 1.63. The van der Waals surface area contributed by atoms with Crippen LogP contribution in [0.4, 0.5) is 14.9 Å². The average molecular weight is 444 g/mol. The van der Waals surface area contributed by atoms with Crippen LogP contribution in [0, 0.1) is 0 Å². The number of pyridine rings is 1. The van der Waals surface area contributed by atoms with E-state index in [0.29, 0.717) is 52.8 Å². The summed E-state index contributed by atoms with van der Waals surface area (Å²) in [7, 11) is 1.59. The van der Waals surface area contributed by atoms with Crippen molar-refractivity contribution in [1.82, 2.24) is 10.3 Å². The summed E-state index contributed by atoms with van der Waals surface area (Å²) in [5.74, 6) is 2.08. The number of hydrogen-bond acceptors (Lipinski definition) is 7. The highest BCUT2D eigenvalue weighted by Gasteiger charge is 2.13. The van der Waals surface area contributed by atoms with E-state index < -0.39 is 12.7 Å². The van der Waals surface area contributed by atoms with Gasteiger partial charge in [-0.15, -0.1) is 0 Å². The summed E-state index contributed by atoms with van der Waals surface area (Å²) in [6, 6.07) is 11.5. The van der Waals surface area contributed by atoms with Crippen LogP contribution in [0.15, 0.2) is 48.7 Å². The molecule has 3 rings (SSSR count). The first kappa shape index (κ1) is 23.0. The Morgan fingerprint density at radius 2 is 1.84 bits per heavy atom. The number of benzene rings is 2. The number of methoxy groups -OCH3 is 1. The second-order valence-electron chi connectivity index (χ2n) is 6.47. The normalized spacial score (nSPS) is 10.6. The van der Waals surface area contributed by atoms with Crippen LogP contribution in [-0.4, -0.2) is 51.3 Å². The lowest BCUT2D eigenvalue weighted by Gasteiger charge is -2.15. The molecule has 0 atom stereocenters. The minimum absolute atomic E-state index is 0.0179. The molecule has 10 heteroatoms. The van der Waals surface area contributed by atoms with Gasteiger partial charge in [-0.05, 0) is 36.4 Å². The van der Waals surface area contributed by atoms with E-state index in [9.17, 15) is 9.18 Å². The lowest BCUT2D eigenvalue weighted by Crippen LogP contribution is -2.30. The monoisotopic (exact) mass is 444 g/mol. The van der Waals surface area contributed by atoms with Crippen LogP contribution >= 0.6 is 0 Å². The molecule has 0 saturated heterocycles. The van der Waals surface area contributed by atoms with Crippen molar-refractivity contribution in [2.24, 2.45) is 5.73 Å². The second kappa shape index (κ2) is 11.7. The van der Waals surface area contributed by atoms with Gasteiger partial charge >= 0.3 is 6.03 Å². The van der Waals surface area contributed by atoms with Crippen molar-refractivity contribution < 1.29 is 28.1 Å². The van der Waals surface area contributed by atoms with Gasteiger partial charge < -0.3 is 29.6 Å². The summed E-state index contributed by atoms with van der Waals surface area (Å²) in [6.45, 7) is 0.0936. The maximum atomic E-state index is 12.1. The maximum absolute atomic E-state index is 12.1. The number of aromatic nitrogens is 1. The molecule has 0 unspecified atom stereocenters. The van der Waals surface area contributed by atoms with Crippen LogP contribution in [-0.2, 0) is 4.74 Å². The van der Waals surface area contributed by atoms with Crippen LogP contribution in [0.5, 0.6) is 23.0 Å². The topological polar surface area (TPSA) is 117 Å². The molecule has 0 aliphatic rings. The number of rotatable bonds is 11. The number of fused-ring (bicyclic) bond motifs is 1. The zero-order valence-electron chi connectivity index (χ0n) is 17.6. The number of alkyl halides is 1. The van der Waals surface area contributed by atoms with Crippen molar-refractivity contribution in [3.05, 3.63) is 48.7 Å². The molecule has 0 aliphatic heterocycles. The molecule has 9 nitrogen and oxygen atoms in total. The van der Waals surface area contributed by atoms with Gasteiger partial charge in [0.25, 0.3) is 0 Å². The molecule has 2 amide bonds. The molecular weight excluding hydrogens is 419 g/mol. The molecule has 32 heavy (non-hydrogen) atoms. The molecule has 2 aromatic carbocycles. The van der Waals surface area contributed by atoms with Crippen LogP contribution in [0.2, 0.25) is 0 Å². The standard InChI is InChI=1S/C22H25FN4O5/c1-29-10-11-30-21-13-18-17(12-20(21)31-14-24)19(6-8-25-18)32-16-4-2-15(3-5-16)27-22(28)26-9-7-23/h2-6,8,12-13H,7,9-11,14,24H2,1H3,(H2,26,27,28). The molecule has 0 fully saturated rings. The SMILES string of the molecule is COCCOc1cc2nccc(Oc3ccc(NC(=O)NCCF)cc3)c2cc1OCN. The summed E-state index contributed by atoms with van der Waals surface area (Å²) in [5.41, 5.74) is 6.76. The van der Waals surface area contributed by atoms with Gasteiger partial charge in [-0.1, -0.05) is 0 Å². The van der Waals surface area contributed by atoms with Gasteiger partial charge in [0, 0.05) is 37.0 Å². The van der Waals surface area contributed by atoms with Crippen LogP contribution < -0.4 is 30.6 Å². The number of carbonyl (C=O) groups excluding carboxylic acids is 1. The first-order chi connectivity index (χ1) is 15.6. The molecule has 170 valence electrons. The van der Waals surface area contributed by atoms with Gasteiger partial charge in [-0.3, -0.25) is 10.7 Å². The third-order valence-corrected chi connectivity index (χ3v) is 4.27. The average Bonchev–Trinajstić information content (AvgIpc) is 2.80. The van der Waals surface area contributed by atoms with Gasteiger partial charge in [-0.2, -0.15) is 0 Å². The quantitative estimate of drug-likeness (QED) is 0.306. The number of nitrogens with two attached hydrogens (primary N) is 1. The predicted octanol–water partition coefficient (Wildman–Crippen LogP) is 3.44. The lowest BCUT2D eigenvalue weighted by atomic mass is 10.1. The van der Waals surface area contributed by atoms with E-state index >= 15 is 0 Å². The largest absolute Gasteiger partial charge is 0.487 e. The van der Waals surface area contributed by atoms with Crippen LogP contribution in [0.25, 0.3) is 10.9 Å². The Bertz CT molecular complexity index is 1030. The number of nitrogens with zero attached hydrogens (tertiary/aromatic N) is 1. The van der Waals surface area contributed by atoms with Crippen LogP contribution in [0.1, 0.15) is 0 Å². The fraction of sp³-hybridized carbons (Fsp3) is 0.273. The smallest absolute Gasteiger partial charge is 0.319 e. The number of urea groups is 1. The number of halogens is 1. The van der Waals surface area contributed by atoms with E-state index in [1.807, 2.05) is 0 Å². The number of anilines is 1. The molecule has 0 saturated carbocycles. The lowest BCUT2D eigenvalue weighted by molar-refractivity contribution is 0.143. The highest BCUT2D eigenvalue weighted by molar-refractivity contribution is 5.89. The molecule has 0 spiro atoms. The zero-order chi connectivity index (χ0) is 22.8. The maximum Gasteiger partial charge on any atom is 0.319 e. The van der Waals surface area contributed by atoms with Crippen LogP contribution in [0.3, 0.4) is 0 Å². The molecule has 0 radical (unpaired) electrons. The van der Waals surface area contributed by atoms with Crippen molar-refractivity contribution >= 4 is 22.6 Å². The molecule has 3 aromatic rings. The molecular formula is C22H25FN4O5. The zero-order valence-corrected chi connectivity index (χ0v) is 17.6. The molecule has 4 N–H and O–H groups in total. The Hall–Kier alpha value is -3.63. The number of hydrogen-bond donors (Lipinski definition) is 3. The van der Waals surface area contributed by atoms with Gasteiger partial charge in [0.15, 0.2) is 11.5 Å². The van der Waals surface area contributed by atoms with Crippen molar-refractivity contribution in [2.75, 3.05) is 45.6 Å². The summed E-state index contributed by atoms with van der Waals surface area (Å²) in [5, 5.41) is 5.71. The Labute approximate surface area is 184 Å². The summed E-state index contributed by atoms with van der Waals surface area (Å²) < 4.78 is 34.4. The van der Waals surface area contributed by atoms with Crippen molar-refractivity contribution in [3.8, 4) is 23.0 Å². The van der Waals surface area contributed by atoms with E-state index in [1.54, 1.807) is 55.8 Å². The van der Waals surface area contributed by atoms with E-state index in [1.165, 1.54) is 0 Å².